The molecule has 20 heavy (non-hydrogen) atoms. The van der Waals surface area contributed by atoms with Gasteiger partial charge in [0.2, 0.25) is 11.8 Å². The van der Waals surface area contributed by atoms with Crippen molar-refractivity contribution in [3.8, 4) is 5.75 Å². The Morgan fingerprint density at radius 2 is 1.70 bits per heavy atom. The maximum absolute atomic E-state index is 12.5. The number of Topliss-reactive ketones (excluding diaryl/α,β-unsaturated/α-hetero) is 1. The average Bonchev–Trinajstić information content (AvgIpc) is 3.19. The quantitative estimate of drug-likeness (QED) is 0.673. The Labute approximate surface area is 118 Å². The molecule has 0 bridgehead atoms. The maximum atomic E-state index is 12.5. The molecule has 1 aliphatic rings. The normalized spacial score (nSPS) is 24.2. The van der Waals surface area contributed by atoms with Crippen molar-refractivity contribution in [3.05, 3.63) is 65.7 Å². The zero-order chi connectivity index (χ0) is 14.1. The monoisotopic (exact) mass is 268 g/mol. The van der Waals surface area contributed by atoms with Gasteiger partial charge in [-0.15, -0.1) is 0 Å². The molecule has 0 aromatic heterocycles. The van der Waals surface area contributed by atoms with Crippen LogP contribution < -0.4 is 9.64 Å². The lowest BCUT2D eigenvalue weighted by molar-refractivity contribution is -0.762. The average molecular weight is 268 g/mol. The van der Waals surface area contributed by atoms with E-state index in [1.807, 2.05) is 42.5 Å². The SMILES string of the molecule is COc1ccc(C(=O)[C@H]2[C@H](c3ccccc3)[NH+]2C)cc1. The van der Waals surface area contributed by atoms with Gasteiger partial charge in [0, 0.05) is 11.1 Å². The Hall–Kier alpha value is -2.13. The van der Waals surface area contributed by atoms with E-state index in [-0.39, 0.29) is 17.9 Å². The van der Waals surface area contributed by atoms with Gasteiger partial charge in [-0.3, -0.25) is 4.79 Å². The molecule has 2 aromatic carbocycles. The lowest BCUT2D eigenvalue weighted by Gasteiger charge is -2.00. The van der Waals surface area contributed by atoms with Gasteiger partial charge in [-0.2, -0.15) is 0 Å². The molecular weight excluding hydrogens is 250 g/mol. The van der Waals surface area contributed by atoms with Gasteiger partial charge in [0.15, 0.2) is 6.04 Å². The first-order valence-corrected chi connectivity index (χ1v) is 6.79. The van der Waals surface area contributed by atoms with Crippen molar-refractivity contribution >= 4 is 5.78 Å². The van der Waals surface area contributed by atoms with E-state index in [0.29, 0.717) is 0 Å². The summed E-state index contributed by atoms with van der Waals surface area (Å²) in [4.78, 5) is 13.8. The Kier molecular flexibility index (Phi) is 3.28. The number of hydrogen-bond donors (Lipinski definition) is 1. The van der Waals surface area contributed by atoms with E-state index in [1.54, 1.807) is 7.11 Å². The highest BCUT2D eigenvalue weighted by atomic mass is 16.5. The van der Waals surface area contributed by atoms with Gasteiger partial charge in [-0.25, -0.2) is 0 Å². The van der Waals surface area contributed by atoms with E-state index in [4.69, 9.17) is 4.74 Å². The fourth-order valence-electron chi connectivity index (χ4n) is 2.80. The number of nitrogens with one attached hydrogen (secondary N) is 1. The first kappa shape index (κ1) is 12.9. The number of carbonyl (C=O) groups is 1. The lowest BCUT2D eigenvalue weighted by Crippen LogP contribution is -2.91. The van der Waals surface area contributed by atoms with Crippen LogP contribution in [0.15, 0.2) is 54.6 Å². The highest BCUT2D eigenvalue weighted by Gasteiger charge is 2.57. The summed E-state index contributed by atoms with van der Waals surface area (Å²) in [5, 5.41) is 0. The Bertz CT molecular complexity index is 607. The van der Waals surface area contributed by atoms with Crippen molar-refractivity contribution in [2.75, 3.05) is 14.2 Å². The number of ether oxygens (including phenoxy) is 1. The number of quaternary nitrogens is 1. The van der Waals surface area contributed by atoms with Gasteiger partial charge in [-0.1, -0.05) is 30.3 Å². The van der Waals surface area contributed by atoms with Crippen molar-refractivity contribution in [1.29, 1.82) is 0 Å². The van der Waals surface area contributed by atoms with Crippen LogP contribution in [0.3, 0.4) is 0 Å². The third kappa shape index (κ3) is 2.21. The van der Waals surface area contributed by atoms with E-state index >= 15 is 0 Å². The number of benzene rings is 2. The molecular formula is C17H18NO2+. The smallest absolute Gasteiger partial charge is 0.226 e. The van der Waals surface area contributed by atoms with E-state index in [2.05, 4.69) is 19.2 Å². The maximum Gasteiger partial charge on any atom is 0.226 e. The fraction of sp³-hybridized carbons (Fsp3) is 0.235. The molecule has 1 saturated heterocycles. The van der Waals surface area contributed by atoms with E-state index in [1.165, 1.54) is 10.5 Å². The van der Waals surface area contributed by atoms with Crippen molar-refractivity contribution in [3.63, 3.8) is 0 Å². The minimum absolute atomic E-state index is 0.0331. The molecule has 0 amide bonds. The third-order valence-electron chi connectivity index (χ3n) is 4.02. The topological polar surface area (TPSA) is 30.7 Å². The largest absolute Gasteiger partial charge is 0.497 e. The van der Waals surface area contributed by atoms with E-state index in [0.717, 1.165) is 11.3 Å². The van der Waals surface area contributed by atoms with Gasteiger partial charge < -0.3 is 9.64 Å². The molecule has 1 unspecified atom stereocenters. The highest BCUT2D eigenvalue weighted by molar-refractivity contribution is 6.01. The van der Waals surface area contributed by atoms with Crippen LogP contribution in [0.4, 0.5) is 0 Å². The first-order chi connectivity index (χ1) is 9.72. The molecule has 1 fully saturated rings. The zero-order valence-corrected chi connectivity index (χ0v) is 11.7. The minimum Gasteiger partial charge on any atom is -0.497 e. The Morgan fingerprint density at radius 3 is 2.30 bits per heavy atom. The Balaban J connectivity index is 1.78. The van der Waals surface area contributed by atoms with Crippen LogP contribution in [0.5, 0.6) is 5.75 Å². The molecule has 3 nitrogen and oxygen atoms in total. The van der Waals surface area contributed by atoms with Crippen LogP contribution in [0.1, 0.15) is 22.0 Å². The summed E-state index contributed by atoms with van der Waals surface area (Å²) in [7, 11) is 3.70. The summed E-state index contributed by atoms with van der Waals surface area (Å²) in [5.41, 5.74) is 1.99. The van der Waals surface area contributed by atoms with Crippen LogP contribution in [0, 0.1) is 0 Å². The number of carbonyl (C=O) groups excluding carboxylic acids is 1. The van der Waals surface area contributed by atoms with Crippen LogP contribution in [0.2, 0.25) is 0 Å². The first-order valence-electron chi connectivity index (χ1n) is 6.79. The third-order valence-corrected chi connectivity index (χ3v) is 4.02. The molecule has 1 heterocycles. The van der Waals surface area contributed by atoms with Crippen molar-refractivity contribution in [1.82, 2.24) is 0 Å². The number of methoxy groups -OCH3 is 1. The van der Waals surface area contributed by atoms with Crippen molar-refractivity contribution in [2.24, 2.45) is 0 Å². The van der Waals surface area contributed by atoms with E-state index < -0.39 is 0 Å². The molecule has 0 saturated carbocycles. The number of hydrogen-bond acceptors (Lipinski definition) is 2. The van der Waals surface area contributed by atoms with E-state index in [9.17, 15) is 4.79 Å². The molecule has 3 atom stereocenters. The summed E-state index contributed by atoms with van der Waals surface area (Å²) in [6.07, 6.45) is 0. The summed E-state index contributed by atoms with van der Waals surface area (Å²) in [6, 6.07) is 17.9. The summed E-state index contributed by atoms with van der Waals surface area (Å²) >= 11 is 0. The molecule has 0 aliphatic carbocycles. The van der Waals surface area contributed by atoms with Crippen LogP contribution >= 0.6 is 0 Å². The molecule has 2 aromatic rings. The minimum atomic E-state index is 0.0331. The van der Waals surface area contributed by atoms with Crippen molar-refractivity contribution < 1.29 is 14.4 Å². The Morgan fingerprint density at radius 1 is 1.05 bits per heavy atom. The second-order valence-corrected chi connectivity index (χ2v) is 5.20. The van der Waals surface area contributed by atoms with Crippen LogP contribution in [-0.2, 0) is 0 Å². The van der Waals surface area contributed by atoms with Gasteiger partial charge in [0.05, 0.1) is 14.2 Å². The fourth-order valence-corrected chi connectivity index (χ4v) is 2.80. The number of likely N-dealkylation sites (N-methyl/N-ethyl adjacent to an activating group) is 1. The lowest BCUT2D eigenvalue weighted by atomic mass is 10.0. The molecule has 1 aliphatic heterocycles. The standard InChI is InChI=1S/C17H17NO2/c1-18-15(12-6-4-3-5-7-12)16(18)17(19)13-8-10-14(20-2)11-9-13/h3-11,15-16H,1-2H3/p+1/t15-,16+,18?/m0/s1. The second-order valence-electron chi connectivity index (χ2n) is 5.20. The van der Waals surface area contributed by atoms with Gasteiger partial charge >= 0.3 is 0 Å². The van der Waals surface area contributed by atoms with Crippen LogP contribution in [0.25, 0.3) is 0 Å². The van der Waals surface area contributed by atoms with Gasteiger partial charge in [0.25, 0.3) is 0 Å². The van der Waals surface area contributed by atoms with Gasteiger partial charge in [0.1, 0.15) is 5.75 Å². The summed E-state index contributed by atoms with van der Waals surface area (Å²) in [5.74, 6) is 0.983. The van der Waals surface area contributed by atoms with Crippen LogP contribution in [-0.4, -0.2) is 26.0 Å². The summed E-state index contributed by atoms with van der Waals surface area (Å²) in [6.45, 7) is 0. The highest BCUT2D eigenvalue weighted by Crippen LogP contribution is 2.25. The molecule has 102 valence electrons. The molecule has 1 N–H and O–H groups in total. The molecule has 3 heteroatoms. The number of rotatable bonds is 4. The van der Waals surface area contributed by atoms with Gasteiger partial charge in [-0.05, 0) is 24.3 Å². The zero-order valence-electron chi connectivity index (χ0n) is 11.7. The van der Waals surface area contributed by atoms with Crippen molar-refractivity contribution in [2.45, 2.75) is 12.1 Å². The number of ketones is 1. The molecule has 0 radical (unpaired) electrons. The molecule has 3 rings (SSSR count). The molecule has 0 spiro atoms. The predicted molar refractivity (Wildman–Crippen MR) is 77.2 cm³/mol. The summed E-state index contributed by atoms with van der Waals surface area (Å²) < 4.78 is 5.12. The predicted octanol–water partition coefficient (Wildman–Crippen LogP) is 1.52. The second kappa shape index (κ2) is 5.10.